The highest BCUT2D eigenvalue weighted by Gasteiger charge is 2.23. The molecule has 88 valence electrons. The van der Waals surface area contributed by atoms with E-state index in [1.807, 2.05) is 6.07 Å². The van der Waals surface area contributed by atoms with E-state index in [9.17, 15) is 4.39 Å². The third kappa shape index (κ3) is 2.08. The maximum Gasteiger partial charge on any atom is 0.125 e. The van der Waals surface area contributed by atoms with Crippen LogP contribution >= 0.6 is 0 Å². The molecule has 17 heavy (non-hydrogen) atoms. The molecule has 3 nitrogen and oxygen atoms in total. The summed E-state index contributed by atoms with van der Waals surface area (Å²) in [5, 5.41) is 0.902. The molecule has 1 aromatic carbocycles. The SMILES string of the molecule is NNc1cc2ccc(F)cc2nc1CC1CC1. The highest BCUT2D eigenvalue weighted by molar-refractivity contribution is 5.82. The number of fused-ring (bicyclic) bond motifs is 1. The highest BCUT2D eigenvalue weighted by atomic mass is 19.1. The summed E-state index contributed by atoms with van der Waals surface area (Å²) in [7, 11) is 0. The van der Waals surface area contributed by atoms with Gasteiger partial charge in [-0.1, -0.05) is 0 Å². The van der Waals surface area contributed by atoms with Crippen LogP contribution in [0.5, 0.6) is 0 Å². The number of hydrazine groups is 1. The van der Waals surface area contributed by atoms with Crippen molar-refractivity contribution >= 4 is 16.6 Å². The van der Waals surface area contributed by atoms with E-state index >= 15 is 0 Å². The average Bonchev–Trinajstić information content (AvgIpc) is 3.12. The van der Waals surface area contributed by atoms with Crippen LogP contribution in [0.25, 0.3) is 10.9 Å². The van der Waals surface area contributed by atoms with Gasteiger partial charge in [0.2, 0.25) is 0 Å². The number of hydrogen-bond donors (Lipinski definition) is 2. The zero-order valence-electron chi connectivity index (χ0n) is 9.41. The predicted octanol–water partition coefficient (Wildman–Crippen LogP) is 2.61. The molecule has 1 heterocycles. The van der Waals surface area contributed by atoms with Gasteiger partial charge in [-0.05, 0) is 43.4 Å². The maximum atomic E-state index is 13.1. The van der Waals surface area contributed by atoms with Gasteiger partial charge in [-0.25, -0.2) is 4.39 Å². The highest BCUT2D eigenvalue weighted by Crippen LogP contribution is 2.34. The van der Waals surface area contributed by atoms with Crippen molar-refractivity contribution < 1.29 is 4.39 Å². The topological polar surface area (TPSA) is 50.9 Å². The Morgan fingerprint density at radius 1 is 1.35 bits per heavy atom. The van der Waals surface area contributed by atoms with Crippen LogP contribution in [0.4, 0.5) is 10.1 Å². The minimum absolute atomic E-state index is 0.254. The van der Waals surface area contributed by atoms with E-state index in [-0.39, 0.29) is 5.82 Å². The number of aromatic nitrogens is 1. The normalized spacial score (nSPS) is 15.2. The van der Waals surface area contributed by atoms with Crippen LogP contribution < -0.4 is 11.3 Å². The van der Waals surface area contributed by atoms with Crippen molar-refractivity contribution in [1.29, 1.82) is 0 Å². The summed E-state index contributed by atoms with van der Waals surface area (Å²) in [6, 6.07) is 6.55. The number of hydrogen-bond acceptors (Lipinski definition) is 3. The van der Waals surface area contributed by atoms with Crippen LogP contribution in [-0.2, 0) is 6.42 Å². The zero-order valence-corrected chi connectivity index (χ0v) is 9.41. The number of nitrogens with zero attached hydrogens (tertiary/aromatic N) is 1. The van der Waals surface area contributed by atoms with E-state index in [0.717, 1.165) is 29.1 Å². The van der Waals surface area contributed by atoms with E-state index in [0.29, 0.717) is 5.52 Å². The maximum absolute atomic E-state index is 13.1. The fourth-order valence-corrected chi connectivity index (χ4v) is 2.06. The van der Waals surface area contributed by atoms with E-state index in [1.54, 1.807) is 6.07 Å². The summed E-state index contributed by atoms with van der Waals surface area (Å²) < 4.78 is 13.1. The lowest BCUT2D eigenvalue weighted by atomic mass is 10.1. The molecular weight excluding hydrogens is 217 g/mol. The molecule has 3 rings (SSSR count). The van der Waals surface area contributed by atoms with Crippen molar-refractivity contribution in [2.45, 2.75) is 19.3 Å². The van der Waals surface area contributed by atoms with Gasteiger partial charge in [-0.3, -0.25) is 10.8 Å². The lowest BCUT2D eigenvalue weighted by Gasteiger charge is -2.09. The monoisotopic (exact) mass is 231 g/mol. The van der Waals surface area contributed by atoms with Crippen LogP contribution in [0, 0.1) is 11.7 Å². The number of nitrogen functional groups attached to an aromatic ring is 1. The lowest BCUT2D eigenvalue weighted by molar-refractivity contribution is 0.629. The molecule has 1 saturated carbocycles. The zero-order chi connectivity index (χ0) is 11.8. The number of nitrogens with one attached hydrogen (secondary N) is 1. The Bertz CT molecular complexity index is 564. The number of nitrogens with two attached hydrogens (primary N) is 1. The Labute approximate surface area is 98.8 Å². The second-order valence-corrected chi connectivity index (χ2v) is 4.61. The molecule has 0 bridgehead atoms. The van der Waals surface area contributed by atoms with Gasteiger partial charge in [0.05, 0.1) is 16.9 Å². The Balaban J connectivity index is 2.10. The van der Waals surface area contributed by atoms with E-state index in [2.05, 4.69) is 10.4 Å². The van der Waals surface area contributed by atoms with Gasteiger partial charge in [-0.2, -0.15) is 0 Å². The molecule has 4 heteroatoms. The number of halogens is 1. The summed E-state index contributed by atoms with van der Waals surface area (Å²) in [6.07, 6.45) is 3.44. The molecule has 3 N–H and O–H groups in total. The Hall–Kier alpha value is -1.68. The van der Waals surface area contributed by atoms with E-state index in [4.69, 9.17) is 5.84 Å². The van der Waals surface area contributed by atoms with Gasteiger partial charge in [0.1, 0.15) is 5.82 Å². The van der Waals surface area contributed by atoms with Gasteiger partial charge >= 0.3 is 0 Å². The molecule has 0 saturated heterocycles. The second kappa shape index (κ2) is 3.96. The number of pyridine rings is 1. The van der Waals surface area contributed by atoms with Crippen molar-refractivity contribution in [1.82, 2.24) is 4.98 Å². The minimum atomic E-state index is -0.254. The third-order valence-electron chi connectivity index (χ3n) is 3.19. The van der Waals surface area contributed by atoms with E-state index < -0.39 is 0 Å². The number of anilines is 1. The predicted molar refractivity (Wildman–Crippen MR) is 65.9 cm³/mol. The number of benzene rings is 1. The van der Waals surface area contributed by atoms with E-state index in [1.165, 1.54) is 25.0 Å². The van der Waals surface area contributed by atoms with Crippen molar-refractivity contribution in [3.8, 4) is 0 Å². The van der Waals surface area contributed by atoms with Crippen LogP contribution in [0.2, 0.25) is 0 Å². The van der Waals surface area contributed by atoms with Crippen molar-refractivity contribution in [3.63, 3.8) is 0 Å². The summed E-state index contributed by atoms with van der Waals surface area (Å²) in [5.74, 6) is 5.97. The first kappa shape index (κ1) is 10.5. The first-order valence-electron chi connectivity index (χ1n) is 5.82. The summed E-state index contributed by atoms with van der Waals surface area (Å²) in [6.45, 7) is 0. The van der Waals surface area contributed by atoms with Crippen molar-refractivity contribution in [2.75, 3.05) is 5.43 Å². The molecule has 1 fully saturated rings. The average molecular weight is 231 g/mol. The first-order chi connectivity index (χ1) is 8.26. The molecule has 1 aliphatic rings. The molecule has 0 unspecified atom stereocenters. The third-order valence-corrected chi connectivity index (χ3v) is 3.19. The van der Waals surface area contributed by atoms with Crippen LogP contribution in [0.3, 0.4) is 0 Å². The Kier molecular flexibility index (Phi) is 2.44. The Morgan fingerprint density at radius 3 is 2.88 bits per heavy atom. The molecule has 0 amide bonds. The van der Waals surface area contributed by atoms with Gasteiger partial charge < -0.3 is 5.43 Å². The van der Waals surface area contributed by atoms with Gasteiger partial charge in [-0.15, -0.1) is 0 Å². The smallest absolute Gasteiger partial charge is 0.125 e. The second-order valence-electron chi connectivity index (χ2n) is 4.61. The van der Waals surface area contributed by atoms with Crippen molar-refractivity contribution in [3.05, 3.63) is 35.8 Å². The number of rotatable bonds is 3. The first-order valence-corrected chi connectivity index (χ1v) is 5.82. The largest absolute Gasteiger partial charge is 0.322 e. The lowest BCUT2D eigenvalue weighted by Crippen LogP contribution is -2.11. The molecule has 0 aliphatic heterocycles. The van der Waals surface area contributed by atoms with Crippen LogP contribution in [0.15, 0.2) is 24.3 Å². The molecule has 2 aromatic rings. The fourth-order valence-electron chi connectivity index (χ4n) is 2.06. The van der Waals surface area contributed by atoms with Gasteiger partial charge in [0, 0.05) is 11.5 Å². The minimum Gasteiger partial charge on any atom is -0.322 e. The standard InChI is InChI=1S/C13H14FN3/c14-10-4-3-9-6-13(17-15)12(5-8-1-2-8)16-11(9)7-10/h3-4,6-8,17H,1-2,5,15H2. The van der Waals surface area contributed by atoms with Gasteiger partial charge in [0.15, 0.2) is 0 Å². The van der Waals surface area contributed by atoms with Crippen molar-refractivity contribution in [2.24, 2.45) is 11.8 Å². The quantitative estimate of drug-likeness (QED) is 0.630. The summed E-state index contributed by atoms with van der Waals surface area (Å²) in [5.41, 5.74) is 5.15. The van der Waals surface area contributed by atoms with Crippen LogP contribution in [-0.4, -0.2) is 4.98 Å². The van der Waals surface area contributed by atoms with Crippen LogP contribution in [0.1, 0.15) is 18.5 Å². The Morgan fingerprint density at radius 2 is 2.18 bits per heavy atom. The molecule has 0 spiro atoms. The molecule has 0 atom stereocenters. The molecule has 1 aliphatic carbocycles. The van der Waals surface area contributed by atoms with Gasteiger partial charge in [0.25, 0.3) is 0 Å². The summed E-state index contributed by atoms with van der Waals surface area (Å²) in [4.78, 5) is 4.50. The summed E-state index contributed by atoms with van der Waals surface area (Å²) >= 11 is 0. The molecular formula is C13H14FN3. The molecule has 1 aromatic heterocycles. The fraction of sp³-hybridized carbons (Fsp3) is 0.308. The molecule has 0 radical (unpaired) electrons.